The summed E-state index contributed by atoms with van der Waals surface area (Å²) in [4.78, 5) is 29.8. The molecule has 1 aliphatic heterocycles. The minimum atomic E-state index is -0.826. The highest BCUT2D eigenvalue weighted by atomic mass is 35.5. The molecule has 1 heterocycles. The van der Waals surface area contributed by atoms with E-state index in [1.54, 1.807) is 31.4 Å². The SMILES string of the molecule is COc1ccc(C2/C(=C(\O)c3cc(Cl)c(OC)c(Cl)c3OC)C(=O)C(=O)N2CCCN(C)C)cc1. The van der Waals surface area contributed by atoms with Crippen LogP contribution in [0.15, 0.2) is 35.9 Å². The number of carbonyl (C=O) groups excluding carboxylic acids is 2. The van der Waals surface area contributed by atoms with Crippen LogP contribution >= 0.6 is 23.2 Å². The second kappa shape index (κ2) is 11.2. The molecule has 188 valence electrons. The summed E-state index contributed by atoms with van der Waals surface area (Å²) < 4.78 is 15.9. The summed E-state index contributed by atoms with van der Waals surface area (Å²) >= 11 is 12.7. The number of nitrogens with zero attached hydrogens (tertiary/aromatic N) is 2. The van der Waals surface area contributed by atoms with E-state index < -0.39 is 23.5 Å². The second-order valence-electron chi connectivity index (χ2n) is 8.21. The maximum atomic E-state index is 13.3. The monoisotopic (exact) mass is 522 g/mol. The molecule has 0 aliphatic carbocycles. The molecule has 0 saturated carbocycles. The van der Waals surface area contributed by atoms with E-state index >= 15 is 0 Å². The molecule has 10 heteroatoms. The third kappa shape index (κ3) is 5.19. The van der Waals surface area contributed by atoms with E-state index in [1.807, 2.05) is 19.0 Å². The molecule has 0 spiro atoms. The molecule has 1 aliphatic rings. The zero-order chi connectivity index (χ0) is 25.9. The van der Waals surface area contributed by atoms with Crippen molar-refractivity contribution in [1.82, 2.24) is 9.80 Å². The summed E-state index contributed by atoms with van der Waals surface area (Å²) in [6.07, 6.45) is 0.635. The number of Topliss-reactive ketones (excluding diaryl/α,β-unsaturated/α-hetero) is 1. The molecule has 1 fully saturated rings. The van der Waals surface area contributed by atoms with Gasteiger partial charge in [-0.2, -0.15) is 0 Å². The number of hydrogen-bond donors (Lipinski definition) is 1. The third-order valence-electron chi connectivity index (χ3n) is 5.77. The van der Waals surface area contributed by atoms with Crippen molar-refractivity contribution in [1.29, 1.82) is 0 Å². The minimum absolute atomic E-state index is 0.0326. The quantitative estimate of drug-likeness (QED) is 0.296. The summed E-state index contributed by atoms with van der Waals surface area (Å²) in [5, 5.41) is 11.6. The predicted octanol–water partition coefficient (Wildman–Crippen LogP) is 4.39. The van der Waals surface area contributed by atoms with Crippen LogP contribution in [0.4, 0.5) is 0 Å². The van der Waals surface area contributed by atoms with Gasteiger partial charge in [0.05, 0.1) is 43.5 Å². The van der Waals surface area contributed by atoms with Gasteiger partial charge in [0.1, 0.15) is 16.5 Å². The number of amides is 1. The molecule has 1 unspecified atom stereocenters. The molecule has 2 aromatic carbocycles. The first-order valence-corrected chi connectivity index (χ1v) is 11.6. The van der Waals surface area contributed by atoms with Crippen molar-refractivity contribution in [3.63, 3.8) is 0 Å². The molecule has 8 nitrogen and oxygen atoms in total. The lowest BCUT2D eigenvalue weighted by Gasteiger charge is -2.26. The number of benzene rings is 2. The van der Waals surface area contributed by atoms with Crippen LogP contribution in [0.25, 0.3) is 5.76 Å². The van der Waals surface area contributed by atoms with Crippen LogP contribution in [0.1, 0.15) is 23.6 Å². The van der Waals surface area contributed by atoms with Gasteiger partial charge in [0, 0.05) is 6.54 Å². The van der Waals surface area contributed by atoms with Crippen LogP contribution in [0, 0.1) is 0 Å². The van der Waals surface area contributed by atoms with Gasteiger partial charge in [-0.05, 0) is 50.8 Å². The number of ether oxygens (including phenoxy) is 3. The Morgan fingerprint density at radius 2 is 1.66 bits per heavy atom. The fourth-order valence-electron chi connectivity index (χ4n) is 4.09. The molecule has 1 saturated heterocycles. The van der Waals surface area contributed by atoms with E-state index in [-0.39, 0.29) is 32.7 Å². The van der Waals surface area contributed by atoms with Crippen molar-refractivity contribution >= 4 is 40.7 Å². The van der Waals surface area contributed by atoms with Crippen molar-refractivity contribution < 1.29 is 28.9 Å². The number of methoxy groups -OCH3 is 3. The first-order chi connectivity index (χ1) is 16.7. The topological polar surface area (TPSA) is 88.5 Å². The Labute approximate surface area is 214 Å². The molecule has 0 aromatic heterocycles. The van der Waals surface area contributed by atoms with Crippen LogP contribution in [-0.2, 0) is 9.59 Å². The van der Waals surface area contributed by atoms with Gasteiger partial charge in [0.25, 0.3) is 11.7 Å². The second-order valence-corrected chi connectivity index (χ2v) is 8.99. The fraction of sp³-hybridized carbons (Fsp3) is 0.360. The van der Waals surface area contributed by atoms with Crippen molar-refractivity contribution in [2.45, 2.75) is 12.5 Å². The Balaban J connectivity index is 2.21. The molecule has 1 atom stereocenters. The summed E-state index contributed by atoms with van der Waals surface area (Å²) in [6.45, 7) is 1.04. The van der Waals surface area contributed by atoms with E-state index in [1.165, 1.54) is 25.2 Å². The van der Waals surface area contributed by atoms with Gasteiger partial charge >= 0.3 is 0 Å². The number of aliphatic hydroxyl groups excluding tert-OH is 1. The van der Waals surface area contributed by atoms with Gasteiger partial charge in [0.15, 0.2) is 11.5 Å². The lowest BCUT2D eigenvalue weighted by molar-refractivity contribution is -0.139. The first-order valence-electron chi connectivity index (χ1n) is 10.8. The van der Waals surface area contributed by atoms with Crippen molar-refractivity contribution in [3.05, 3.63) is 57.1 Å². The van der Waals surface area contributed by atoms with Crippen LogP contribution in [0.5, 0.6) is 17.2 Å². The summed E-state index contributed by atoms with van der Waals surface area (Å²) in [6, 6.07) is 7.55. The summed E-state index contributed by atoms with van der Waals surface area (Å²) in [5.41, 5.74) is 0.634. The highest BCUT2D eigenvalue weighted by Gasteiger charge is 2.46. The molecular formula is C25H28Cl2N2O6. The normalized spacial score (nSPS) is 17.3. The zero-order valence-electron chi connectivity index (χ0n) is 20.2. The van der Waals surface area contributed by atoms with Crippen molar-refractivity contribution in [2.24, 2.45) is 0 Å². The van der Waals surface area contributed by atoms with Gasteiger partial charge in [-0.25, -0.2) is 0 Å². The fourth-order valence-corrected chi connectivity index (χ4v) is 4.78. The number of halogens is 2. The predicted molar refractivity (Wildman–Crippen MR) is 135 cm³/mol. The molecule has 1 N–H and O–H groups in total. The Morgan fingerprint density at radius 1 is 1.03 bits per heavy atom. The van der Waals surface area contributed by atoms with Crippen LogP contribution in [0.2, 0.25) is 10.0 Å². The zero-order valence-corrected chi connectivity index (χ0v) is 21.7. The van der Waals surface area contributed by atoms with E-state index in [2.05, 4.69) is 0 Å². The lowest BCUT2D eigenvalue weighted by atomic mass is 9.94. The lowest BCUT2D eigenvalue weighted by Crippen LogP contribution is -2.32. The maximum Gasteiger partial charge on any atom is 0.295 e. The van der Waals surface area contributed by atoms with E-state index in [0.29, 0.717) is 24.3 Å². The summed E-state index contributed by atoms with van der Waals surface area (Å²) in [5.74, 6) is -1.10. The average Bonchev–Trinajstić information content (AvgIpc) is 3.08. The maximum absolute atomic E-state index is 13.3. The first kappa shape index (κ1) is 26.7. The largest absolute Gasteiger partial charge is 0.507 e. The smallest absolute Gasteiger partial charge is 0.295 e. The van der Waals surface area contributed by atoms with Gasteiger partial charge in [-0.3, -0.25) is 9.59 Å². The van der Waals surface area contributed by atoms with Gasteiger partial charge in [0.2, 0.25) is 0 Å². The van der Waals surface area contributed by atoms with Gasteiger partial charge < -0.3 is 29.1 Å². The number of carbonyl (C=O) groups is 2. The van der Waals surface area contributed by atoms with Crippen molar-refractivity contribution in [3.8, 4) is 17.2 Å². The van der Waals surface area contributed by atoms with Gasteiger partial charge in [-0.1, -0.05) is 35.3 Å². The third-order valence-corrected chi connectivity index (χ3v) is 6.39. The minimum Gasteiger partial charge on any atom is -0.507 e. The molecule has 2 aromatic rings. The average molecular weight is 523 g/mol. The highest BCUT2D eigenvalue weighted by molar-refractivity contribution is 6.47. The van der Waals surface area contributed by atoms with E-state index in [4.69, 9.17) is 37.4 Å². The van der Waals surface area contributed by atoms with E-state index in [0.717, 1.165) is 6.54 Å². The molecule has 0 radical (unpaired) electrons. The van der Waals surface area contributed by atoms with Crippen LogP contribution in [-0.4, -0.2) is 75.1 Å². The molecule has 35 heavy (non-hydrogen) atoms. The summed E-state index contributed by atoms with van der Waals surface area (Å²) in [7, 11) is 8.17. The molecule has 3 rings (SSSR count). The molecule has 0 bridgehead atoms. The van der Waals surface area contributed by atoms with Gasteiger partial charge in [-0.15, -0.1) is 0 Å². The number of hydrogen-bond acceptors (Lipinski definition) is 7. The van der Waals surface area contributed by atoms with Crippen LogP contribution < -0.4 is 14.2 Å². The number of likely N-dealkylation sites (tertiary alicyclic amines) is 1. The number of ketones is 1. The number of aliphatic hydroxyl groups is 1. The van der Waals surface area contributed by atoms with Crippen molar-refractivity contribution in [2.75, 3.05) is 48.5 Å². The Morgan fingerprint density at radius 3 is 2.20 bits per heavy atom. The Bertz CT molecular complexity index is 1150. The van der Waals surface area contributed by atoms with Crippen LogP contribution in [0.3, 0.4) is 0 Å². The highest BCUT2D eigenvalue weighted by Crippen LogP contribution is 2.47. The Kier molecular flexibility index (Phi) is 8.53. The molecule has 1 amide bonds. The standard InChI is InChI=1S/C25H28Cl2N2O6/c1-28(2)11-6-12-29-20(14-7-9-15(33-3)10-8-14)18(22(31)25(29)32)21(30)16-13-17(26)24(35-5)19(27)23(16)34-4/h7-10,13,20,30H,6,11-12H2,1-5H3/b21-18+. The Hall–Kier alpha value is -2.94. The number of rotatable bonds is 9. The van der Waals surface area contributed by atoms with E-state index in [9.17, 15) is 14.7 Å². The molecular weight excluding hydrogens is 495 g/mol.